The molecule has 0 bridgehead atoms. The topological polar surface area (TPSA) is 49.4 Å². The van der Waals surface area contributed by atoms with Gasteiger partial charge in [-0.1, -0.05) is 42.5 Å². The van der Waals surface area contributed by atoms with Gasteiger partial charge >= 0.3 is 6.18 Å². The molecule has 0 aliphatic heterocycles. The summed E-state index contributed by atoms with van der Waals surface area (Å²) in [6.45, 7) is 0. The molecule has 0 saturated carbocycles. The predicted octanol–water partition coefficient (Wildman–Crippen LogP) is 3.32. The van der Waals surface area contributed by atoms with Crippen molar-refractivity contribution in [3.63, 3.8) is 0 Å². The first-order valence-corrected chi connectivity index (χ1v) is 7.62. The lowest BCUT2D eigenvalue weighted by Gasteiger charge is -2.30. The summed E-state index contributed by atoms with van der Waals surface area (Å²) in [5, 5.41) is -0.369. The van der Waals surface area contributed by atoms with Crippen molar-refractivity contribution >= 4 is 12.9 Å². The highest BCUT2D eigenvalue weighted by Crippen LogP contribution is 2.47. The third-order valence-corrected chi connectivity index (χ3v) is 4.21. The Bertz CT molecular complexity index is 671. The van der Waals surface area contributed by atoms with Gasteiger partial charge < -0.3 is 14.0 Å². The van der Waals surface area contributed by atoms with Gasteiger partial charge in [0.15, 0.2) is 13.7 Å². The van der Waals surface area contributed by atoms with Crippen LogP contribution in [0, 0.1) is 5.82 Å². The molecule has 0 fully saturated rings. The van der Waals surface area contributed by atoms with Crippen LogP contribution in [0.3, 0.4) is 0 Å². The Morgan fingerprint density at radius 2 is 1.55 bits per heavy atom. The molecule has 0 aliphatic carbocycles. The minimum Gasteiger partial charge on any atom is -0.775 e. The SMILES string of the molecule is O=P([O-])(O[C@H](c1ccc(F)cc1)C(F)(F)F)c1ccccc1. The van der Waals surface area contributed by atoms with E-state index >= 15 is 0 Å². The van der Waals surface area contributed by atoms with Crippen molar-refractivity contribution in [2.45, 2.75) is 12.3 Å². The van der Waals surface area contributed by atoms with Gasteiger partial charge in [-0.05, 0) is 17.7 Å². The largest absolute Gasteiger partial charge is 0.775 e. The van der Waals surface area contributed by atoms with Crippen molar-refractivity contribution in [2.24, 2.45) is 0 Å². The van der Waals surface area contributed by atoms with E-state index in [1.54, 1.807) is 0 Å². The molecule has 2 aromatic carbocycles. The smallest absolute Gasteiger partial charge is 0.419 e. The molecular formula is C14H10F4O3P-. The number of hydrogen-bond acceptors (Lipinski definition) is 3. The van der Waals surface area contributed by atoms with Crippen LogP contribution in [0.5, 0.6) is 0 Å². The highest BCUT2D eigenvalue weighted by molar-refractivity contribution is 7.59. The van der Waals surface area contributed by atoms with E-state index in [0.29, 0.717) is 0 Å². The maximum atomic E-state index is 13.1. The summed E-state index contributed by atoms with van der Waals surface area (Å²) in [6.07, 6.45) is -7.66. The summed E-state index contributed by atoms with van der Waals surface area (Å²) in [7, 11) is -4.94. The van der Waals surface area contributed by atoms with E-state index in [-0.39, 0.29) is 5.30 Å². The van der Waals surface area contributed by atoms with E-state index in [9.17, 15) is 27.0 Å². The Morgan fingerprint density at radius 1 is 1.00 bits per heavy atom. The lowest BCUT2D eigenvalue weighted by Crippen LogP contribution is -2.28. The van der Waals surface area contributed by atoms with Gasteiger partial charge in [0.05, 0.1) is 0 Å². The first-order chi connectivity index (χ1) is 10.2. The molecule has 0 N–H and O–H groups in total. The number of hydrogen-bond donors (Lipinski definition) is 0. The zero-order valence-corrected chi connectivity index (χ0v) is 11.9. The van der Waals surface area contributed by atoms with E-state index in [2.05, 4.69) is 4.52 Å². The molecule has 0 aromatic heterocycles. The number of alkyl halides is 3. The molecule has 0 heterocycles. The molecule has 0 saturated heterocycles. The molecular weight excluding hydrogens is 323 g/mol. The highest BCUT2D eigenvalue weighted by Gasteiger charge is 2.44. The lowest BCUT2D eigenvalue weighted by molar-refractivity contribution is -0.237. The average molecular weight is 333 g/mol. The third-order valence-electron chi connectivity index (χ3n) is 2.79. The van der Waals surface area contributed by atoms with Gasteiger partial charge in [0.1, 0.15) is 5.82 Å². The molecule has 0 radical (unpaired) electrons. The summed E-state index contributed by atoms with van der Waals surface area (Å²) in [4.78, 5) is 12.0. The maximum absolute atomic E-state index is 13.1. The first kappa shape index (κ1) is 16.7. The van der Waals surface area contributed by atoms with Gasteiger partial charge in [-0.25, -0.2) is 4.39 Å². The van der Waals surface area contributed by atoms with Crippen LogP contribution in [0.4, 0.5) is 17.6 Å². The van der Waals surface area contributed by atoms with E-state index in [1.165, 1.54) is 18.2 Å². The van der Waals surface area contributed by atoms with E-state index in [0.717, 1.165) is 36.4 Å². The number of rotatable bonds is 4. The lowest BCUT2D eigenvalue weighted by atomic mass is 10.1. The van der Waals surface area contributed by atoms with Crippen molar-refractivity contribution in [1.29, 1.82) is 0 Å². The van der Waals surface area contributed by atoms with Crippen LogP contribution >= 0.6 is 7.60 Å². The zero-order chi connectivity index (χ0) is 16.4. The second-order valence-corrected chi connectivity index (χ2v) is 6.13. The molecule has 22 heavy (non-hydrogen) atoms. The summed E-state index contributed by atoms with van der Waals surface area (Å²) >= 11 is 0. The number of benzene rings is 2. The Hall–Kier alpha value is -1.69. The molecule has 0 spiro atoms. The van der Waals surface area contributed by atoms with Crippen LogP contribution in [0.1, 0.15) is 11.7 Å². The van der Waals surface area contributed by atoms with Gasteiger partial charge in [-0.2, -0.15) is 13.2 Å². The van der Waals surface area contributed by atoms with Crippen molar-refractivity contribution in [3.8, 4) is 0 Å². The highest BCUT2D eigenvalue weighted by atomic mass is 31.2. The second-order valence-electron chi connectivity index (χ2n) is 4.41. The Morgan fingerprint density at radius 3 is 2.05 bits per heavy atom. The molecule has 2 atom stereocenters. The van der Waals surface area contributed by atoms with Crippen molar-refractivity contribution in [2.75, 3.05) is 0 Å². The minimum absolute atomic E-state index is 0.369. The van der Waals surface area contributed by atoms with Gasteiger partial charge in [0.2, 0.25) is 0 Å². The molecule has 2 aromatic rings. The maximum Gasteiger partial charge on any atom is 0.419 e. The zero-order valence-electron chi connectivity index (χ0n) is 11.0. The summed E-state index contributed by atoms with van der Waals surface area (Å²) in [6, 6.07) is 9.78. The molecule has 2 rings (SSSR count). The molecule has 1 unspecified atom stereocenters. The molecule has 8 heteroatoms. The van der Waals surface area contributed by atoms with Crippen LogP contribution in [0.25, 0.3) is 0 Å². The van der Waals surface area contributed by atoms with E-state index in [4.69, 9.17) is 0 Å². The van der Waals surface area contributed by atoms with Crippen LogP contribution in [-0.2, 0) is 9.09 Å². The summed E-state index contributed by atoms with van der Waals surface area (Å²) in [5.41, 5.74) is -0.499. The average Bonchev–Trinajstić information content (AvgIpc) is 2.46. The normalized spacial score (nSPS) is 16.0. The Kier molecular flexibility index (Phi) is 4.70. The number of halogens is 4. The minimum atomic E-state index is -4.97. The van der Waals surface area contributed by atoms with E-state index in [1.807, 2.05) is 0 Å². The molecule has 0 amide bonds. The summed E-state index contributed by atoms with van der Waals surface area (Å²) in [5.74, 6) is -0.738. The molecule has 0 aliphatic rings. The van der Waals surface area contributed by atoms with Crippen LogP contribution in [-0.4, -0.2) is 6.18 Å². The quantitative estimate of drug-likeness (QED) is 0.637. The van der Waals surface area contributed by atoms with Crippen molar-refractivity contribution < 1.29 is 31.5 Å². The van der Waals surface area contributed by atoms with Crippen LogP contribution < -0.4 is 10.2 Å². The van der Waals surface area contributed by atoms with Gasteiger partial charge in [-0.15, -0.1) is 0 Å². The van der Waals surface area contributed by atoms with E-state index < -0.39 is 31.3 Å². The Labute approximate surface area is 123 Å². The molecule has 3 nitrogen and oxygen atoms in total. The monoisotopic (exact) mass is 333 g/mol. The fourth-order valence-electron chi connectivity index (χ4n) is 1.76. The van der Waals surface area contributed by atoms with Gasteiger partial charge in [-0.3, -0.25) is 0 Å². The Balaban J connectivity index is 2.36. The van der Waals surface area contributed by atoms with Crippen molar-refractivity contribution in [3.05, 3.63) is 66.0 Å². The standard InChI is InChI=1S/C14H11F4O3P/c15-11-8-6-10(7-9-11)13(14(16,17)18)21-22(19,20)12-4-2-1-3-5-12/h1-9,13H,(H,19,20)/p-1/t13-/m1/s1. The second kappa shape index (κ2) is 6.20. The van der Waals surface area contributed by atoms with Crippen LogP contribution in [0.15, 0.2) is 54.6 Å². The first-order valence-electron chi connectivity index (χ1n) is 6.07. The van der Waals surface area contributed by atoms with Gasteiger partial charge in [0.25, 0.3) is 0 Å². The van der Waals surface area contributed by atoms with Gasteiger partial charge in [0, 0.05) is 5.30 Å². The fraction of sp³-hybridized carbons (Fsp3) is 0.143. The van der Waals surface area contributed by atoms with Crippen LogP contribution in [0.2, 0.25) is 0 Å². The predicted molar refractivity (Wildman–Crippen MR) is 70.0 cm³/mol. The third kappa shape index (κ3) is 3.94. The molecule has 118 valence electrons. The fourth-order valence-corrected chi connectivity index (χ4v) is 2.94. The summed E-state index contributed by atoms with van der Waals surface area (Å²) < 4.78 is 68.4. The van der Waals surface area contributed by atoms with Crippen molar-refractivity contribution in [1.82, 2.24) is 0 Å².